The number of rotatable bonds is 7. The Kier molecular flexibility index (Phi) is 4.59. The molecule has 1 N–H and O–H groups in total. The number of pyridine rings is 1. The van der Waals surface area contributed by atoms with E-state index in [4.69, 9.17) is 4.74 Å². The SMILES string of the molecule is CCCOc1cncc(C(NCC)C2CC2C)c1. The molecule has 0 radical (unpaired) electrons. The smallest absolute Gasteiger partial charge is 0.137 e. The first-order chi connectivity index (χ1) is 8.76. The molecular formula is C15H24N2O. The third-order valence-corrected chi connectivity index (χ3v) is 3.59. The minimum Gasteiger partial charge on any atom is -0.492 e. The van der Waals surface area contributed by atoms with E-state index in [0.717, 1.165) is 37.2 Å². The zero-order chi connectivity index (χ0) is 13.0. The summed E-state index contributed by atoms with van der Waals surface area (Å²) in [6, 6.07) is 2.57. The van der Waals surface area contributed by atoms with Gasteiger partial charge in [-0.25, -0.2) is 0 Å². The molecule has 1 aliphatic carbocycles. The molecule has 1 saturated carbocycles. The molecule has 18 heavy (non-hydrogen) atoms. The third kappa shape index (κ3) is 3.22. The fourth-order valence-corrected chi connectivity index (χ4v) is 2.46. The molecule has 1 aromatic rings. The summed E-state index contributed by atoms with van der Waals surface area (Å²) < 4.78 is 5.66. The fraction of sp³-hybridized carbons (Fsp3) is 0.667. The Labute approximate surface area is 110 Å². The molecule has 3 heteroatoms. The highest BCUT2D eigenvalue weighted by molar-refractivity contribution is 5.27. The number of ether oxygens (including phenoxy) is 1. The van der Waals surface area contributed by atoms with Gasteiger partial charge in [0.1, 0.15) is 5.75 Å². The van der Waals surface area contributed by atoms with Crippen LogP contribution in [0.4, 0.5) is 0 Å². The van der Waals surface area contributed by atoms with Crippen LogP contribution >= 0.6 is 0 Å². The van der Waals surface area contributed by atoms with Crippen molar-refractivity contribution in [3.8, 4) is 5.75 Å². The Morgan fingerprint density at radius 3 is 2.83 bits per heavy atom. The summed E-state index contributed by atoms with van der Waals surface area (Å²) in [4.78, 5) is 4.31. The van der Waals surface area contributed by atoms with E-state index >= 15 is 0 Å². The van der Waals surface area contributed by atoms with Gasteiger partial charge in [-0.05, 0) is 42.9 Å². The summed E-state index contributed by atoms with van der Waals surface area (Å²) in [5, 5.41) is 3.58. The Balaban J connectivity index is 2.09. The predicted molar refractivity (Wildman–Crippen MR) is 73.7 cm³/mol. The maximum absolute atomic E-state index is 5.66. The van der Waals surface area contributed by atoms with Gasteiger partial charge >= 0.3 is 0 Å². The predicted octanol–water partition coefficient (Wildman–Crippen LogP) is 3.18. The first-order valence-electron chi connectivity index (χ1n) is 7.07. The maximum atomic E-state index is 5.66. The summed E-state index contributed by atoms with van der Waals surface area (Å²) in [6.45, 7) is 8.35. The van der Waals surface area contributed by atoms with Crippen LogP contribution in [-0.4, -0.2) is 18.1 Å². The average Bonchev–Trinajstić information content (AvgIpc) is 3.10. The van der Waals surface area contributed by atoms with E-state index in [2.05, 4.69) is 37.1 Å². The molecule has 0 spiro atoms. The summed E-state index contributed by atoms with van der Waals surface area (Å²) in [5.74, 6) is 2.48. The highest BCUT2D eigenvalue weighted by Gasteiger charge is 2.39. The van der Waals surface area contributed by atoms with Gasteiger partial charge in [-0.3, -0.25) is 4.98 Å². The second-order valence-corrected chi connectivity index (χ2v) is 5.21. The lowest BCUT2D eigenvalue weighted by atomic mass is 10.0. The fourth-order valence-electron chi connectivity index (χ4n) is 2.46. The van der Waals surface area contributed by atoms with Gasteiger partial charge in [-0.15, -0.1) is 0 Å². The van der Waals surface area contributed by atoms with E-state index in [1.165, 1.54) is 12.0 Å². The molecule has 3 atom stereocenters. The van der Waals surface area contributed by atoms with E-state index in [0.29, 0.717) is 6.04 Å². The topological polar surface area (TPSA) is 34.1 Å². The van der Waals surface area contributed by atoms with Gasteiger partial charge < -0.3 is 10.1 Å². The van der Waals surface area contributed by atoms with E-state index in [-0.39, 0.29) is 0 Å². The van der Waals surface area contributed by atoms with Crippen LogP contribution < -0.4 is 10.1 Å². The monoisotopic (exact) mass is 248 g/mol. The molecule has 1 fully saturated rings. The summed E-state index contributed by atoms with van der Waals surface area (Å²) in [5.41, 5.74) is 1.26. The quantitative estimate of drug-likeness (QED) is 0.804. The summed E-state index contributed by atoms with van der Waals surface area (Å²) >= 11 is 0. The van der Waals surface area contributed by atoms with Gasteiger partial charge in [0.25, 0.3) is 0 Å². The molecule has 1 heterocycles. The van der Waals surface area contributed by atoms with Crippen molar-refractivity contribution >= 4 is 0 Å². The first kappa shape index (κ1) is 13.3. The lowest BCUT2D eigenvalue weighted by Gasteiger charge is -2.18. The molecule has 0 saturated heterocycles. The molecule has 0 aromatic carbocycles. The largest absolute Gasteiger partial charge is 0.492 e. The van der Waals surface area contributed by atoms with Gasteiger partial charge in [0.05, 0.1) is 12.8 Å². The van der Waals surface area contributed by atoms with Gasteiger partial charge in [0.15, 0.2) is 0 Å². The van der Waals surface area contributed by atoms with Crippen molar-refractivity contribution in [3.05, 3.63) is 24.0 Å². The number of aromatic nitrogens is 1. The molecule has 1 aliphatic rings. The van der Waals surface area contributed by atoms with Crippen molar-refractivity contribution in [2.45, 2.75) is 39.7 Å². The Morgan fingerprint density at radius 1 is 1.44 bits per heavy atom. The van der Waals surface area contributed by atoms with E-state index < -0.39 is 0 Å². The zero-order valence-corrected chi connectivity index (χ0v) is 11.6. The van der Waals surface area contributed by atoms with Crippen molar-refractivity contribution < 1.29 is 4.74 Å². The van der Waals surface area contributed by atoms with Crippen LogP contribution in [0, 0.1) is 11.8 Å². The van der Waals surface area contributed by atoms with E-state index in [1.54, 1.807) is 6.20 Å². The Bertz CT molecular complexity index is 381. The number of hydrogen-bond acceptors (Lipinski definition) is 3. The molecule has 0 bridgehead atoms. The molecular weight excluding hydrogens is 224 g/mol. The van der Waals surface area contributed by atoms with Crippen molar-refractivity contribution in [1.29, 1.82) is 0 Å². The van der Waals surface area contributed by atoms with Crippen LogP contribution in [0.2, 0.25) is 0 Å². The lowest BCUT2D eigenvalue weighted by molar-refractivity contribution is 0.315. The number of nitrogens with zero attached hydrogens (tertiary/aromatic N) is 1. The third-order valence-electron chi connectivity index (χ3n) is 3.59. The van der Waals surface area contributed by atoms with Crippen molar-refractivity contribution in [1.82, 2.24) is 10.3 Å². The second-order valence-electron chi connectivity index (χ2n) is 5.21. The van der Waals surface area contributed by atoms with Crippen LogP contribution in [-0.2, 0) is 0 Å². The Hall–Kier alpha value is -1.09. The molecule has 100 valence electrons. The van der Waals surface area contributed by atoms with Crippen LogP contribution in [0.3, 0.4) is 0 Å². The zero-order valence-electron chi connectivity index (χ0n) is 11.6. The van der Waals surface area contributed by atoms with Crippen LogP contribution in [0.15, 0.2) is 18.5 Å². The summed E-state index contributed by atoms with van der Waals surface area (Å²) in [7, 11) is 0. The first-order valence-corrected chi connectivity index (χ1v) is 7.07. The maximum Gasteiger partial charge on any atom is 0.137 e. The van der Waals surface area contributed by atoms with Gasteiger partial charge in [-0.2, -0.15) is 0 Å². The number of hydrogen-bond donors (Lipinski definition) is 1. The minimum atomic E-state index is 0.433. The highest BCUT2D eigenvalue weighted by Crippen LogP contribution is 2.47. The molecule has 3 unspecified atom stereocenters. The van der Waals surface area contributed by atoms with Gasteiger partial charge in [-0.1, -0.05) is 20.8 Å². The van der Waals surface area contributed by atoms with Crippen molar-refractivity contribution in [3.63, 3.8) is 0 Å². The standard InChI is InChI=1S/C15H24N2O/c1-4-6-18-13-8-12(9-16-10-13)15(17-5-2)14-7-11(14)3/h8-11,14-15,17H,4-7H2,1-3H3. The van der Waals surface area contributed by atoms with Crippen molar-refractivity contribution in [2.24, 2.45) is 11.8 Å². The normalized spacial score (nSPS) is 23.7. The molecule has 0 amide bonds. The minimum absolute atomic E-state index is 0.433. The second kappa shape index (κ2) is 6.19. The number of nitrogens with one attached hydrogen (secondary N) is 1. The van der Waals surface area contributed by atoms with Gasteiger partial charge in [0.2, 0.25) is 0 Å². The van der Waals surface area contributed by atoms with Crippen LogP contribution in [0.5, 0.6) is 5.75 Å². The molecule has 0 aliphatic heterocycles. The lowest BCUT2D eigenvalue weighted by Crippen LogP contribution is -2.23. The van der Waals surface area contributed by atoms with Crippen molar-refractivity contribution in [2.75, 3.05) is 13.2 Å². The van der Waals surface area contributed by atoms with Crippen LogP contribution in [0.25, 0.3) is 0 Å². The average molecular weight is 248 g/mol. The van der Waals surface area contributed by atoms with Crippen LogP contribution in [0.1, 0.15) is 45.2 Å². The summed E-state index contributed by atoms with van der Waals surface area (Å²) in [6.07, 6.45) is 6.12. The highest BCUT2D eigenvalue weighted by atomic mass is 16.5. The van der Waals surface area contributed by atoms with E-state index in [9.17, 15) is 0 Å². The molecule has 2 rings (SSSR count). The van der Waals surface area contributed by atoms with Gasteiger partial charge in [0, 0.05) is 12.2 Å². The molecule has 1 aromatic heterocycles. The Morgan fingerprint density at radius 2 is 2.22 bits per heavy atom. The molecule has 3 nitrogen and oxygen atoms in total. The van der Waals surface area contributed by atoms with E-state index in [1.807, 2.05) is 6.20 Å².